The summed E-state index contributed by atoms with van der Waals surface area (Å²) in [5.74, 6) is 0.0642. The second-order valence-electron chi connectivity index (χ2n) is 5.02. The lowest BCUT2D eigenvalue weighted by molar-refractivity contribution is 0.00806. The fourth-order valence-electron chi connectivity index (χ4n) is 2.87. The Morgan fingerprint density at radius 3 is 3.11 bits per heavy atom. The predicted octanol–water partition coefficient (Wildman–Crippen LogP) is 1.74. The minimum atomic E-state index is -0.443. The topological polar surface area (TPSA) is 47.6 Å². The van der Waals surface area contributed by atoms with E-state index in [9.17, 15) is 9.18 Å². The number of fused-ring (bicyclic) bond motifs is 1. The highest BCUT2D eigenvalue weighted by atomic mass is 19.1. The number of nitrogens with one attached hydrogen (secondary N) is 1. The van der Waals surface area contributed by atoms with E-state index in [1.54, 1.807) is 0 Å². The van der Waals surface area contributed by atoms with Crippen LogP contribution in [0.4, 0.5) is 4.39 Å². The highest BCUT2D eigenvalue weighted by Gasteiger charge is 2.45. The van der Waals surface area contributed by atoms with Crippen molar-refractivity contribution in [1.82, 2.24) is 5.32 Å². The summed E-state index contributed by atoms with van der Waals surface area (Å²) in [4.78, 5) is 12.2. The summed E-state index contributed by atoms with van der Waals surface area (Å²) < 4.78 is 23.8. The van der Waals surface area contributed by atoms with E-state index in [1.807, 2.05) is 0 Å². The van der Waals surface area contributed by atoms with Crippen LogP contribution in [0.5, 0.6) is 5.75 Å². The Bertz CT molecular complexity index is 505. The molecule has 1 amide bonds. The maximum atomic E-state index is 13.2. The first kappa shape index (κ1) is 12.4. The number of rotatable bonds is 3. The van der Waals surface area contributed by atoms with E-state index in [-0.39, 0.29) is 17.5 Å². The first-order valence-corrected chi connectivity index (χ1v) is 6.45. The average Bonchev–Trinajstić information content (AvgIpc) is 2.77. The van der Waals surface area contributed by atoms with Crippen molar-refractivity contribution in [2.24, 2.45) is 5.92 Å². The van der Waals surface area contributed by atoms with Gasteiger partial charge in [-0.3, -0.25) is 4.79 Å². The molecule has 3 rings (SSSR count). The molecule has 1 aliphatic heterocycles. The van der Waals surface area contributed by atoms with Gasteiger partial charge in [-0.1, -0.05) is 0 Å². The standard InChI is InChI=1S/C14H16FNO3/c1-18-12-3-2-8(15)6-10(12)14(17)16-11-7-13-9(11)4-5-19-13/h2-3,6,9,11,13H,4-5,7H2,1H3,(H,16,17)/t9-,11+,13+/m0/s1. The van der Waals surface area contributed by atoms with E-state index in [4.69, 9.17) is 9.47 Å². The van der Waals surface area contributed by atoms with Gasteiger partial charge in [0.15, 0.2) is 0 Å². The van der Waals surface area contributed by atoms with Gasteiger partial charge in [0.2, 0.25) is 0 Å². The lowest BCUT2D eigenvalue weighted by Crippen LogP contribution is -2.53. The number of benzene rings is 1. The van der Waals surface area contributed by atoms with Gasteiger partial charge in [0.25, 0.3) is 5.91 Å². The predicted molar refractivity (Wildman–Crippen MR) is 66.7 cm³/mol. The number of hydrogen-bond acceptors (Lipinski definition) is 3. The van der Waals surface area contributed by atoms with Crippen molar-refractivity contribution in [2.45, 2.75) is 25.0 Å². The van der Waals surface area contributed by atoms with Crippen molar-refractivity contribution in [3.05, 3.63) is 29.6 Å². The molecule has 1 N–H and O–H groups in total. The Labute approximate surface area is 110 Å². The Morgan fingerprint density at radius 1 is 1.53 bits per heavy atom. The monoisotopic (exact) mass is 265 g/mol. The minimum Gasteiger partial charge on any atom is -0.496 e. The van der Waals surface area contributed by atoms with Crippen LogP contribution in [0.3, 0.4) is 0 Å². The molecule has 1 saturated carbocycles. The van der Waals surface area contributed by atoms with Crippen molar-refractivity contribution < 1.29 is 18.7 Å². The van der Waals surface area contributed by atoms with Gasteiger partial charge >= 0.3 is 0 Å². The quantitative estimate of drug-likeness (QED) is 0.905. The van der Waals surface area contributed by atoms with Crippen LogP contribution in [0.1, 0.15) is 23.2 Å². The molecule has 1 aromatic rings. The molecular formula is C14H16FNO3. The molecule has 5 heteroatoms. The lowest BCUT2D eigenvalue weighted by atomic mass is 9.76. The summed E-state index contributed by atoms with van der Waals surface area (Å²) >= 11 is 0. The Kier molecular flexibility index (Phi) is 3.14. The maximum Gasteiger partial charge on any atom is 0.255 e. The summed E-state index contributed by atoms with van der Waals surface area (Å²) in [6, 6.07) is 4.08. The molecule has 2 fully saturated rings. The molecule has 0 spiro atoms. The molecule has 19 heavy (non-hydrogen) atoms. The van der Waals surface area contributed by atoms with Crippen LogP contribution in [0.25, 0.3) is 0 Å². The first-order valence-electron chi connectivity index (χ1n) is 6.45. The van der Waals surface area contributed by atoms with Crippen molar-refractivity contribution in [3.8, 4) is 5.75 Å². The maximum absolute atomic E-state index is 13.2. The smallest absolute Gasteiger partial charge is 0.255 e. The molecule has 0 unspecified atom stereocenters. The molecule has 1 heterocycles. The van der Waals surface area contributed by atoms with Gasteiger partial charge in [-0.2, -0.15) is 0 Å². The summed E-state index contributed by atoms with van der Waals surface area (Å²) in [6.07, 6.45) is 2.11. The number of ether oxygens (including phenoxy) is 2. The molecule has 102 valence electrons. The summed E-state index contributed by atoms with van der Waals surface area (Å²) in [7, 11) is 1.47. The third-order valence-corrected chi connectivity index (χ3v) is 3.99. The van der Waals surface area contributed by atoms with Crippen LogP contribution in [0, 0.1) is 11.7 Å². The summed E-state index contributed by atoms with van der Waals surface area (Å²) in [5, 5.41) is 2.94. The molecule has 3 atom stereocenters. The van der Waals surface area contributed by atoms with Gasteiger partial charge in [-0.25, -0.2) is 4.39 Å². The van der Waals surface area contributed by atoms with E-state index in [2.05, 4.69) is 5.32 Å². The van der Waals surface area contributed by atoms with Gasteiger partial charge < -0.3 is 14.8 Å². The highest BCUT2D eigenvalue weighted by molar-refractivity contribution is 5.97. The zero-order chi connectivity index (χ0) is 13.4. The minimum absolute atomic E-state index is 0.132. The largest absolute Gasteiger partial charge is 0.496 e. The molecule has 0 radical (unpaired) electrons. The molecule has 1 saturated heterocycles. The van der Waals surface area contributed by atoms with Gasteiger partial charge in [0.1, 0.15) is 11.6 Å². The number of hydrogen-bond donors (Lipinski definition) is 1. The van der Waals surface area contributed by atoms with E-state index < -0.39 is 5.82 Å². The molecule has 2 aliphatic rings. The fourth-order valence-corrected chi connectivity index (χ4v) is 2.87. The van der Waals surface area contributed by atoms with E-state index in [1.165, 1.54) is 25.3 Å². The fraction of sp³-hybridized carbons (Fsp3) is 0.500. The average molecular weight is 265 g/mol. The summed E-state index contributed by atoms with van der Waals surface area (Å²) in [5.41, 5.74) is 0.241. The van der Waals surface area contributed by atoms with Gasteiger partial charge in [-0.15, -0.1) is 0 Å². The number of methoxy groups -OCH3 is 1. The van der Waals surface area contributed by atoms with E-state index in [0.717, 1.165) is 19.4 Å². The van der Waals surface area contributed by atoms with Gasteiger partial charge in [-0.05, 0) is 31.0 Å². The van der Waals surface area contributed by atoms with Gasteiger partial charge in [0.05, 0.1) is 18.8 Å². The first-order chi connectivity index (χ1) is 9.19. The Morgan fingerprint density at radius 2 is 2.37 bits per heavy atom. The number of amides is 1. The van der Waals surface area contributed by atoms with Crippen molar-refractivity contribution in [1.29, 1.82) is 0 Å². The number of carbonyl (C=O) groups excluding carboxylic acids is 1. The van der Waals surface area contributed by atoms with Crippen LogP contribution in [0.15, 0.2) is 18.2 Å². The Hall–Kier alpha value is -1.62. The van der Waals surface area contributed by atoms with Crippen LogP contribution in [-0.4, -0.2) is 31.8 Å². The molecular weight excluding hydrogens is 249 g/mol. The van der Waals surface area contributed by atoms with Crippen molar-refractivity contribution in [3.63, 3.8) is 0 Å². The lowest BCUT2D eigenvalue weighted by Gasteiger charge is -2.39. The normalized spacial score (nSPS) is 28.4. The molecule has 1 aliphatic carbocycles. The molecule has 1 aromatic carbocycles. The van der Waals surface area contributed by atoms with E-state index in [0.29, 0.717) is 17.8 Å². The zero-order valence-electron chi connectivity index (χ0n) is 10.7. The van der Waals surface area contributed by atoms with Crippen molar-refractivity contribution in [2.75, 3.05) is 13.7 Å². The van der Waals surface area contributed by atoms with Crippen molar-refractivity contribution >= 4 is 5.91 Å². The second kappa shape index (κ2) is 4.81. The molecule has 0 aromatic heterocycles. The number of carbonyl (C=O) groups is 1. The van der Waals surface area contributed by atoms with Crippen LogP contribution >= 0.6 is 0 Å². The third kappa shape index (κ3) is 2.18. The second-order valence-corrected chi connectivity index (χ2v) is 5.02. The van der Waals surface area contributed by atoms with Gasteiger partial charge in [0, 0.05) is 18.6 Å². The van der Waals surface area contributed by atoms with E-state index >= 15 is 0 Å². The SMILES string of the molecule is COc1ccc(F)cc1C(=O)N[C@@H]1C[C@H]2OCC[C@@H]12. The van der Waals surface area contributed by atoms with Crippen LogP contribution < -0.4 is 10.1 Å². The van der Waals surface area contributed by atoms with Crippen LogP contribution in [0.2, 0.25) is 0 Å². The zero-order valence-corrected chi connectivity index (χ0v) is 10.7. The summed E-state index contributed by atoms with van der Waals surface area (Å²) in [6.45, 7) is 0.769. The number of halogens is 1. The Balaban J connectivity index is 1.72. The third-order valence-electron chi connectivity index (χ3n) is 3.99. The highest BCUT2D eigenvalue weighted by Crippen LogP contribution is 2.38. The van der Waals surface area contributed by atoms with Crippen LogP contribution in [-0.2, 0) is 4.74 Å². The molecule has 4 nitrogen and oxygen atoms in total. The molecule has 0 bridgehead atoms.